The molecule has 0 aliphatic heterocycles. The molecule has 12 heavy (non-hydrogen) atoms. The maximum Gasteiger partial charge on any atom is 0.0142 e. The third-order valence-electron chi connectivity index (χ3n) is 2.53. The zero-order valence-electron chi connectivity index (χ0n) is 8.35. The molecular formula is C11H19N. The zero-order chi connectivity index (χ0) is 8.97. The summed E-state index contributed by atoms with van der Waals surface area (Å²) >= 11 is 0. The Labute approximate surface area is 75.6 Å². The highest BCUT2D eigenvalue weighted by Crippen LogP contribution is 2.26. The van der Waals surface area contributed by atoms with Crippen LogP contribution in [0.4, 0.5) is 0 Å². The summed E-state index contributed by atoms with van der Waals surface area (Å²) in [6.07, 6.45) is 8.10. The van der Waals surface area contributed by atoms with Crippen LogP contribution in [0, 0.1) is 0 Å². The molecule has 0 aromatic carbocycles. The van der Waals surface area contributed by atoms with E-state index in [4.69, 9.17) is 0 Å². The summed E-state index contributed by atoms with van der Waals surface area (Å²) in [6, 6.07) is 0.682. The minimum atomic E-state index is 0.682. The Hall–Kier alpha value is -0.560. The average Bonchev–Trinajstić information content (AvgIpc) is 2.43. The summed E-state index contributed by atoms with van der Waals surface area (Å²) in [5, 5.41) is 3.33. The Bertz CT molecular complexity index is 201. The Balaban J connectivity index is 2.54. The minimum Gasteiger partial charge on any atom is -0.316 e. The standard InChI is InChI=1S/C11H19N/c1-4-5-6-10-8-11(12-3)7-9(10)2/h5-6,11-12H,4,7-8H2,1-3H3/b6-5-. The van der Waals surface area contributed by atoms with Crippen LogP contribution < -0.4 is 5.32 Å². The van der Waals surface area contributed by atoms with Crippen molar-refractivity contribution in [1.82, 2.24) is 5.32 Å². The molecule has 0 saturated heterocycles. The molecule has 0 aromatic heterocycles. The van der Waals surface area contributed by atoms with E-state index >= 15 is 0 Å². The highest BCUT2D eigenvalue weighted by Gasteiger charge is 2.17. The lowest BCUT2D eigenvalue weighted by atomic mass is 10.1. The van der Waals surface area contributed by atoms with Crippen LogP contribution in [0.25, 0.3) is 0 Å². The van der Waals surface area contributed by atoms with E-state index in [9.17, 15) is 0 Å². The molecule has 1 rings (SSSR count). The molecule has 0 spiro atoms. The van der Waals surface area contributed by atoms with Crippen LogP contribution in [0.15, 0.2) is 23.3 Å². The molecule has 0 radical (unpaired) electrons. The van der Waals surface area contributed by atoms with Crippen molar-refractivity contribution in [2.45, 2.75) is 39.2 Å². The van der Waals surface area contributed by atoms with Gasteiger partial charge in [-0.1, -0.05) is 24.6 Å². The number of hydrogen-bond donors (Lipinski definition) is 1. The maximum atomic E-state index is 3.33. The van der Waals surface area contributed by atoms with Crippen LogP contribution in [0.5, 0.6) is 0 Å². The van der Waals surface area contributed by atoms with Crippen LogP contribution in [0.3, 0.4) is 0 Å². The van der Waals surface area contributed by atoms with Gasteiger partial charge in [0.25, 0.3) is 0 Å². The Morgan fingerprint density at radius 1 is 1.50 bits per heavy atom. The van der Waals surface area contributed by atoms with E-state index in [1.165, 1.54) is 18.4 Å². The fourth-order valence-electron chi connectivity index (χ4n) is 1.69. The van der Waals surface area contributed by atoms with Gasteiger partial charge in [0.2, 0.25) is 0 Å². The van der Waals surface area contributed by atoms with Crippen LogP contribution in [-0.4, -0.2) is 13.1 Å². The molecule has 0 bridgehead atoms. The van der Waals surface area contributed by atoms with Gasteiger partial charge in [-0.25, -0.2) is 0 Å². The molecule has 0 heterocycles. The van der Waals surface area contributed by atoms with Gasteiger partial charge in [0.05, 0.1) is 0 Å². The molecule has 1 nitrogen and oxygen atoms in total. The Morgan fingerprint density at radius 3 is 2.75 bits per heavy atom. The van der Waals surface area contributed by atoms with Crippen molar-refractivity contribution >= 4 is 0 Å². The molecular weight excluding hydrogens is 146 g/mol. The Kier molecular flexibility index (Phi) is 3.54. The highest BCUT2D eigenvalue weighted by atomic mass is 14.9. The van der Waals surface area contributed by atoms with Crippen molar-refractivity contribution in [1.29, 1.82) is 0 Å². The topological polar surface area (TPSA) is 12.0 Å². The summed E-state index contributed by atoms with van der Waals surface area (Å²) in [4.78, 5) is 0. The third-order valence-corrected chi connectivity index (χ3v) is 2.53. The van der Waals surface area contributed by atoms with Crippen molar-refractivity contribution in [2.24, 2.45) is 0 Å². The summed E-state index contributed by atoms with van der Waals surface area (Å²) < 4.78 is 0. The van der Waals surface area contributed by atoms with E-state index < -0.39 is 0 Å². The lowest BCUT2D eigenvalue weighted by Gasteiger charge is -2.06. The second kappa shape index (κ2) is 4.46. The molecule has 0 saturated carbocycles. The average molecular weight is 165 g/mol. The van der Waals surface area contributed by atoms with E-state index in [1.54, 1.807) is 5.57 Å². The summed E-state index contributed by atoms with van der Waals surface area (Å²) in [7, 11) is 2.05. The predicted octanol–water partition coefficient (Wildman–Crippen LogP) is 2.65. The lowest BCUT2D eigenvalue weighted by molar-refractivity contribution is 0.590. The van der Waals surface area contributed by atoms with Crippen molar-refractivity contribution in [3.8, 4) is 0 Å². The van der Waals surface area contributed by atoms with E-state index in [0.717, 1.165) is 6.42 Å². The SMILES string of the molecule is CC/C=C\C1=C(C)CC(NC)C1. The quantitative estimate of drug-likeness (QED) is 0.678. The van der Waals surface area contributed by atoms with Crippen molar-refractivity contribution < 1.29 is 0 Å². The van der Waals surface area contributed by atoms with E-state index in [1.807, 2.05) is 7.05 Å². The molecule has 0 amide bonds. The van der Waals surface area contributed by atoms with Gasteiger partial charge in [0, 0.05) is 6.04 Å². The normalized spacial score (nSPS) is 24.4. The summed E-state index contributed by atoms with van der Waals surface area (Å²) in [5.74, 6) is 0. The van der Waals surface area contributed by atoms with Crippen molar-refractivity contribution in [3.05, 3.63) is 23.3 Å². The molecule has 0 aromatic rings. The number of nitrogens with one attached hydrogen (secondary N) is 1. The molecule has 1 aliphatic rings. The molecule has 0 fully saturated rings. The minimum absolute atomic E-state index is 0.682. The molecule has 1 atom stereocenters. The van der Waals surface area contributed by atoms with Gasteiger partial charge in [0.15, 0.2) is 0 Å². The summed E-state index contributed by atoms with van der Waals surface area (Å²) in [6.45, 7) is 4.42. The number of allylic oxidation sites excluding steroid dienone is 2. The van der Waals surface area contributed by atoms with Crippen LogP contribution >= 0.6 is 0 Å². The van der Waals surface area contributed by atoms with Crippen molar-refractivity contribution in [3.63, 3.8) is 0 Å². The van der Waals surface area contributed by atoms with E-state index in [0.29, 0.717) is 6.04 Å². The maximum absolute atomic E-state index is 3.33. The van der Waals surface area contributed by atoms with Gasteiger partial charge in [0.1, 0.15) is 0 Å². The highest BCUT2D eigenvalue weighted by molar-refractivity contribution is 5.30. The largest absolute Gasteiger partial charge is 0.316 e. The first kappa shape index (κ1) is 9.53. The van der Waals surface area contributed by atoms with Gasteiger partial charge in [-0.2, -0.15) is 0 Å². The molecule has 1 N–H and O–H groups in total. The van der Waals surface area contributed by atoms with Crippen LogP contribution in [0.2, 0.25) is 0 Å². The van der Waals surface area contributed by atoms with Crippen LogP contribution in [0.1, 0.15) is 33.1 Å². The molecule has 68 valence electrons. The number of hydrogen-bond acceptors (Lipinski definition) is 1. The Morgan fingerprint density at radius 2 is 2.25 bits per heavy atom. The monoisotopic (exact) mass is 165 g/mol. The van der Waals surface area contributed by atoms with Crippen LogP contribution in [-0.2, 0) is 0 Å². The summed E-state index contributed by atoms with van der Waals surface area (Å²) in [5.41, 5.74) is 3.09. The first-order chi connectivity index (χ1) is 5.77. The fraction of sp³-hybridized carbons (Fsp3) is 0.636. The molecule has 1 unspecified atom stereocenters. The zero-order valence-corrected chi connectivity index (χ0v) is 8.35. The van der Waals surface area contributed by atoms with Gasteiger partial charge in [-0.15, -0.1) is 0 Å². The smallest absolute Gasteiger partial charge is 0.0142 e. The molecule has 1 heteroatoms. The first-order valence-corrected chi connectivity index (χ1v) is 4.80. The first-order valence-electron chi connectivity index (χ1n) is 4.80. The van der Waals surface area contributed by atoms with Gasteiger partial charge >= 0.3 is 0 Å². The van der Waals surface area contributed by atoms with E-state index in [2.05, 4.69) is 31.3 Å². The van der Waals surface area contributed by atoms with Gasteiger partial charge in [-0.3, -0.25) is 0 Å². The predicted molar refractivity (Wildman–Crippen MR) is 54.2 cm³/mol. The van der Waals surface area contributed by atoms with E-state index in [-0.39, 0.29) is 0 Å². The fourth-order valence-corrected chi connectivity index (χ4v) is 1.69. The second-order valence-corrected chi connectivity index (χ2v) is 3.51. The van der Waals surface area contributed by atoms with Gasteiger partial charge in [-0.05, 0) is 38.8 Å². The van der Waals surface area contributed by atoms with Crippen molar-refractivity contribution in [2.75, 3.05) is 7.05 Å². The second-order valence-electron chi connectivity index (χ2n) is 3.51. The molecule has 1 aliphatic carbocycles. The van der Waals surface area contributed by atoms with Gasteiger partial charge < -0.3 is 5.32 Å². The third kappa shape index (κ3) is 2.21. The lowest BCUT2D eigenvalue weighted by Crippen LogP contribution is -2.21. The number of rotatable bonds is 3.